The van der Waals surface area contributed by atoms with E-state index < -0.39 is 0 Å². The molecular weight excluding hydrogens is 236 g/mol. The van der Waals surface area contributed by atoms with E-state index in [0.29, 0.717) is 19.1 Å². The second-order valence-electron chi connectivity index (χ2n) is 6.41. The van der Waals surface area contributed by atoms with Crippen LogP contribution < -0.4 is 0 Å². The first-order valence-corrected chi connectivity index (χ1v) is 6.80. The SMILES string of the molecule is C=C(C)c1cccc(C(C)COOCC(C)(C)C)c1. The van der Waals surface area contributed by atoms with Crippen molar-refractivity contribution in [3.05, 3.63) is 42.0 Å². The Morgan fingerprint density at radius 1 is 1.26 bits per heavy atom. The topological polar surface area (TPSA) is 18.5 Å². The van der Waals surface area contributed by atoms with Crippen molar-refractivity contribution in [1.29, 1.82) is 0 Å². The van der Waals surface area contributed by atoms with E-state index in [0.717, 1.165) is 5.57 Å². The van der Waals surface area contributed by atoms with Gasteiger partial charge in [0, 0.05) is 5.92 Å². The lowest BCUT2D eigenvalue weighted by Gasteiger charge is -2.18. The van der Waals surface area contributed by atoms with Gasteiger partial charge in [-0.25, -0.2) is 9.78 Å². The van der Waals surface area contributed by atoms with Gasteiger partial charge < -0.3 is 0 Å². The highest BCUT2D eigenvalue weighted by Crippen LogP contribution is 2.21. The highest BCUT2D eigenvalue weighted by atomic mass is 17.2. The van der Waals surface area contributed by atoms with Gasteiger partial charge in [-0.1, -0.05) is 64.1 Å². The van der Waals surface area contributed by atoms with Gasteiger partial charge in [0.15, 0.2) is 0 Å². The summed E-state index contributed by atoms with van der Waals surface area (Å²) in [5, 5.41) is 0. The first-order chi connectivity index (χ1) is 8.79. The summed E-state index contributed by atoms with van der Waals surface area (Å²) in [7, 11) is 0. The third-order valence-corrected chi connectivity index (χ3v) is 2.84. The second kappa shape index (κ2) is 6.88. The Balaban J connectivity index is 2.47. The summed E-state index contributed by atoms with van der Waals surface area (Å²) < 4.78 is 0. The Morgan fingerprint density at radius 2 is 1.95 bits per heavy atom. The van der Waals surface area contributed by atoms with Crippen molar-refractivity contribution < 1.29 is 9.78 Å². The zero-order valence-electron chi connectivity index (χ0n) is 12.8. The molecule has 0 saturated carbocycles. The molecule has 0 N–H and O–H groups in total. The molecule has 2 nitrogen and oxygen atoms in total. The van der Waals surface area contributed by atoms with E-state index in [1.807, 2.05) is 6.92 Å². The van der Waals surface area contributed by atoms with E-state index in [9.17, 15) is 0 Å². The summed E-state index contributed by atoms with van der Waals surface area (Å²) in [4.78, 5) is 10.6. The maximum atomic E-state index is 5.30. The van der Waals surface area contributed by atoms with Crippen LogP contribution in [-0.4, -0.2) is 13.2 Å². The number of allylic oxidation sites excluding steroid dienone is 1. The molecule has 0 aliphatic rings. The Labute approximate surface area is 117 Å². The monoisotopic (exact) mass is 262 g/mol. The molecule has 0 fully saturated rings. The van der Waals surface area contributed by atoms with Crippen LogP contribution in [0.5, 0.6) is 0 Å². The Morgan fingerprint density at radius 3 is 2.53 bits per heavy atom. The molecule has 0 aliphatic heterocycles. The summed E-state index contributed by atoms with van der Waals surface area (Å²) in [6, 6.07) is 8.42. The largest absolute Gasteiger partial charge is 0.236 e. The number of hydrogen-bond acceptors (Lipinski definition) is 2. The minimum absolute atomic E-state index is 0.128. The number of benzene rings is 1. The lowest BCUT2D eigenvalue weighted by Crippen LogP contribution is -2.16. The minimum atomic E-state index is 0.128. The molecule has 2 heteroatoms. The van der Waals surface area contributed by atoms with Gasteiger partial charge in [0.2, 0.25) is 0 Å². The summed E-state index contributed by atoms with van der Waals surface area (Å²) >= 11 is 0. The predicted octanol–water partition coefficient (Wildman–Crippen LogP) is 4.82. The van der Waals surface area contributed by atoms with Crippen molar-refractivity contribution in [3.8, 4) is 0 Å². The Hall–Kier alpha value is -1.12. The van der Waals surface area contributed by atoms with Crippen molar-refractivity contribution in [2.24, 2.45) is 5.41 Å². The predicted molar refractivity (Wildman–Crippen MR) is 80.9 cm³/mol. The Bertz CT molecular complexity index is 416. The Kier molecular flexibility index (Phi) is 5.77. The fourth-order valence-electron chi connectivity index (χ4n) is 1.58. The number of hydrogen-bond donors (Lipinski definition) is 0. The smallest absolute Gasteiger partial charge is 0.0888 e. The highest BCUT2D eigenvalue weighted by Gasteiger charge is 2.12. The molecule has 1 atom stereocenters. The van der Waals surface area contributed by atoms with Gasteiger partial charge in [0.05, 0.1) is 13.2 Å². The highest BCUT2D eigenvalue weighted by molar-refractivity contribution is 5.61. The van der Waals surface area contributed by atoms with E-state index in [1.54, 1.807) is 0 Å². The molecule has 0 bridgehead atoms. The second-order valence-corrected chi connectivity index (χ2v) is 6.41. The van der Waals surface area contributed by atoms with Crippen molar-refractivity contribution in [1.82, 2.24) is 0 Å². The first kappa shape index (κ1) is 15.9. The first-order valence-electron chi connectivity index (χ1n) is 6.80. The maximum absolute atomic E-state index is 5.30. The summed E-state index contributed by atoms with van der Waals surface area (Å²) in [6.45, 7) is 15.7. The van der Waals surface area contributed by atoms with Gasteiger partial charge in [0.25, 0.3) is 0 Å². The van der Waals surface area contributed by atoms with Gasteiger partial charge in [-0.2, -0.15) is 0 Å². The average molecular weight is 262 g/mol. The quantitative estimate of drug-likeness (QED) is 0.416. The molecule has 0 aromatic heterocycles. The fourth-order valence-corrected chi connectivity index (χ4v) is 1.58. The molecule has 0 radical (unpaired) electrons. The van der Waals surface area contributed by atoms with Crippen LogP contribution in [0.15, 0.2) is 30.8 Å². The van der Waals surface area contributed by atoms with Gasteiger partial charge in [-0.3, -0.25) is 0 Å². The zero-order chi connectivity index (χ0) is 14.5. The molecule has 0 aliphatic carbocycles. The molecule has 1 aromatic carbocycles. The van der Waals surface area contributed by atoms with Crippen molar-refractivity contribution in [3.63, 3.8) is 0 Å². The molecule has 0 amide bonds. The molecule has 0 saturated heterocycles. The van der Waals surface area contributed by atoms with Crippen LogP contribution in [0.25, 0.3) is 5.57 Å². The van der Waals surface area contributed by atoms with Crippen LogP contribution in [0.4, 0.5) is 0 Å². The maximum Gasteiger partial charge on any atom is 0.0888 e. The third kappa shape index (κ3) is 6.04. The molecule has 1 aromatic rings. The van der Waals surface area contributed by atoms with Gasteiger partial charge in [-0.05, 0) is 23.5 Å². The van der Waals surface area contributed by atoms with Crippen molar-refractivity contribution in [2.45, 2.75) is 40.5 Å². The van der Waals surface area contributed by atoms with Crippen LogP contribution in [0.2, 0.25) is 0 Å². The van der Waals surface area contributed by atoms with E-state index >= 15 is 0 Å². The zero-order valence-corrected chi connectivity index (χ0v) is 12.8. The van der Waals surface area contributed by atoms with Gasteiger partial charge >= 0.3 is 0 Å². The van der Waals surface area contributed by atoms with Crippen LogP contribution in [0.1, 0.15) is 51.7 Å². The summed E-state index contributed by atoms with van der Waals surface area (Å²) in [5.74, 6) is 0.305. The average Bonchev–Trinajstić information content (AvgIpc) is 2.33. The normalized spacial score (nSPS) is 13.3. The van der Waals surface area contributed by atoms with E-state index in [2.05, 4.69) is 58.5 Å². The summed E-state index contributed by atoms with van der Waals surface area (Å²) in [5.41, 5.74) is 3.64. The van der Waals surface area contributed by atoms with Crippen LogP contribution in [-0.2, 0) is 9.78 Å². The standard InChI is InChI=1S/C17H26O2/c1-13(2)15-8-7-9-16(10-15)14(3)11-18-19-12-17(4,5)6/h7-10,14H,1,11-12H2,2-6H3. The van der Waals surface area contributed by atoms with Crippen LogP contribution in [0, 0.1) is 5.41 Å². The van der Waals surface area contributed by atoms with Crippen LogP contribution >= 0.6 is 0 Å². The minimum Gasteiger partial charge on any atom is -0.236 e. The number of rotatable bonds is 6. The third-order valence-electron chi connectivity index (χ3n) is 2.84. The molecule has 19 heavy (non-hydrogen) atoms. The molecular formula is C17H26O2. The lowest BCUT2D eigenvalue weighted by molar-refractivity contribution is -0.308. The van der Waals surface area contributed by atoms with E-state index in [4.69, 9.17) is 9.78 Å². The van der Waals surface area contributed by atoms with Crippen LogP contribution in [0.3, 0.4) is 0 Å². The van der Waals surface area contributed by atoms with E-state index in [-0.39, 0.29) is 5.41 Å². The van der Waals surface area contributed by atoms with Crippen molar-refractivity contribution in [2.75, 3.05) is 13.2 Å². The molecule has 106 valence electrons. The molecule has 1 unspecified atom stereocenters. The van der Waals surface area contributed by atoms with Gasteiger partial charge in [0.1, 0.15) is 0 Å². The van der Waals surface area contributed by atoms with Crippen molar-refractivity contribution >= 4 is 5.57 Å². The molecule has 0 heterocycles. The summed E-state index contributed by atoms with van der Waals surface area (Å²) in [6.07, 6.45) is 0. The fraction of sp³-hybridized carbons (Fsp3) is 0.529. The molecule has 1 rings (SSSR count). The van der Waals surface area contributed by atoms with E-state index in [1.165, 1.54) is 11.1 Å². The lowest BCUT2D eigenvalue weighted by atomic mass is 9.98. The van der Waals surface area contributed by atoms with Gasteiger partial charge in [-0.15, -0.1) is 0 Å². The molecule has 0 spiro atoms.